The lowest BCUT2D eigenvalue weighted by molar-refractivity contribution is 0.0978. The predicted octanol–water partition coefficient (Wildman–Crippen LogP) is 3.13. The third-order valence-electron chi connectivity index (χ3n) is 3.01. The minimum atomic E-state index is -0.306. The zero-order chi connectivity index (χ0) is 16.4. The molecule has 0 aliphatic carbocycles. The summed E-state index contributed by atoms with van der Waals surface area (Å²) in [4.78, 5) is 16.6. The summed E-state index contributed by atoms with van der Waals surface area (Å²) in [5.74, 6) is 0.284. The van der Waals surface area contributed by atoms with Crippen molar-refractivity contribution in [2.24, 2.45) is 0 Å². The number of anilines is 1. The van der Waals surface area contributed by atoms with Gasteiger partial charge in [-0.1, -0.05) is 0 Å². The number of nitrogens with zero attached hydrogens (tertiary/aromatic N) is 3. The molecule has 3 rings (SSSR count). The van der Waals surface area contributed by atoms with Crippen LogP contribution in [0.1, 0.15) is 16.1 Å². The van der Waals surface area contributed by atoms with Crippen molar-refractivity contribution in [1.82, 2.24) is 19.0 Å². The van der Waals surface area contributed by atoms with E-state index in [1.165, 1.54) is 0 Å². The van der Waals surface area contributed by atoms with E-state index in [1.54, 1.807) is 24.3 Å². The standard InChI is InChI=1S/C14H10IN5OS2/c1-7-9(15)3-5-12(16-7)17-14(22)18-13(21)8-2-4-10-11(6-8)20-23-19-10/h2-6H,1H3,(H2,16,17,18,21,22). The molecule has 116 valence electrons. The summed E-state index contributed by atoms with van der Waals surface area (Å²) in [6, 6.07) is 8.87. The van der Waals surface area contributed by atoms with Crippen LogP contribution < -0.4 is 10.6 Å². The first-order valence-electron chi connectivity index (χ1n) is 6.51. The number of carbonyl (C=O) groups is 1. The number of aromatic nitrogens is 3. The van der Waals surface area contributed by atoms with E-state index in [-0.39, 0.29) is 11.0 Å². The molecule has 0 radical (unpaired) electrons. The van der Waals surface area contributed by atoms with Crippen molar-refractivity contribution < 1.29 is 4.79 Å². The molecule has 2 N–H and O–H groups in total. The largest absolute Gasteiger partial charge is 0.317 e. The number of fused-ring (bicyclic) bond motifs is 1. The molecule has 0 fully saturated rings. The quantitative estimate of drug-likeness (QED) is 0.457. The molecule has 9 heteroatoms. The molecule has 0 unspecified atom stereocenters. The number of hydrogen-bond acceptors (Lipinski definition) is 6. The molecular weight excluding hydrogens is 445 g/mol. The maximum atomic E-state index is 12.2. The van der Waals surface area contributed by atoms with Crippen LogP contribution in [-0.2, 0) is 0 Å². The summed E-state index contributed by atoms with van der Waals surface area (Å²) < 4.78 is 9.28. The minimum Gasteiger partial charge on any atom is -0.317 e. The predicted molar refractivity (Wildman–Crippen MR) is 103 cm³/mol. The van der Waals surface area contributed by atoms with Gasteiger partial charge in [0.25, 0.3) is 5.91 Å². The van der Waals surface area contributed by atoms with Crippen LogP contribution >= 0.6 is 46.5 Å². The topological polar surface area (TPSA) is 79.8 Å². The number of pyridine rings is 1. The van der Waals surface area contributed by atoms with Gasteiger partial charge in [-0.05, 0) is 72.1 Å². The Morgan fingerprint density at radius 1 is 1.22 bits per heavy atom. The molecule has 0 aliphatic heterocycles. The van der Waals surface area contributed by atoms with Gasteiger partial charge in [-0.2, -0.15) is 8.75 Å². The fourth-order valence-electron chi connectivity index (χ4n) is 1.86. The van der Waals surface area contributed by atoms with Crippen LogP contribution in [-0.4, -0.2) is 24.8 Å². The zero-order valence-electron chi connectivity index (χ0n) is 11.8. The summed E-state index contributed by atoms with van der Waals surface area (Å²) in [6.45, 7) is 1.91. The van der Waals surface area contributed by atoms with E-state index in [9.17, 15) is 4.79 Å². The normalized spacial score (nSPS) is 10.5. The summed E-state index contributed by atoms with van der Waals surface area (Å²) in [7, 11) is 0. The van der Waals surface area contributed by atoms with Gasteiger partial charge in [-0.15, -0.1) is 0 Å². The smallest absolute Gasteiger partial charge is 0.257 e. The molecule has 0 spiro atoms. The lowest BCUT2D eigenvalue weighted by Crippen LogP contribution is -2.34. The van der Waals surface area contributed by atoms with Crippen molar-refractivity contribution in [2.45, 2.75) is 6.92 Å². The van der Waals surface area contributed by atoms with E-state index in [4.69, 9.17) is 12.2 Å². The summed E-state index contributed by atoms with van der Waals surface area (Å²) in [5.41, 5.74) is 2.83. The number of benzene rings is 1. The van der Waals surface area contributed by atoms with E-state index < -0.39 is 0 Å². The molecular formula is C14H10IN5OS2. The number of amides is 1. The summed E-state index contributed by atoms with van der Waals surface area (Å²) in [5, 5.41) is 5.73. The molecule has 2 heterocycles. The van der Waals surface area contributed by atoms with E-state index >= 15 is 0 Å². The molecule has 0 atom stereocenters. The van der Waals surface area contributed by atoms with Crippen LogP contribution in [0.5, 0.6) is 0 Å². The monoisotopic (exact) mass is 455 g/mol. The van der Waals surface area contributed by atoms with Crippen LogP contribution in [0.25, 0.3) is 11.0 Å². The maximum Gasteiger partial charge on any atom is 0.257 e. The second-order valence-electron chi connectivity index (χ2n) is 4.64. The van der Waals surface area contributed by atoms with Crippen LogP contribution in [0, 0.1) is 10.5 Å². The van der Waals surface area contributed by atoms with Crippen molar-refractivity contribution in [3.05, 3.63) is 45.2 Å². The number of aryl methyl sites for hydroxylation is 1. The lowest BCUT2D eigenvalue weighted by atomic mass is 10.2. The van der Waals surface area contributed by atoms with E-state index in [0.29, 0.717) is 16.9 Å². The fourth-order valence-corrected chi connectivity index (χ4v) is 2.87. The fraction of sp³-hybridized carbons (Fsp3) is 0.0714. The minimum absolute atomic E-state index is 0.194. The highest BCUT2D eigenvalue weighted by atomic mass is 127. The average Bonchev–Trinajstić information content (AvgIpc) is 2.98. The van der Waals surface area contributed by atoms with Gasteiger partial charge in [0.2, 0.25) is 0 Å². The summed E-state index contributed by atoms with van der Waals surface area (Å²) >= 11 is 8.47. The maximum absolute atomic E-state index is 12.2. The van der Waals surface area contributed by atoms with Gasteiger partial charge >= 0.3 is 0 Å². The molecule has 1 aromatic carbocycles. The van der Waals surface area contributed by atoms with Gasteiger partial charge in [0, 0.05) is 9.13 Å². The first-order valence-corrected chi connectivity index (χ1v) is 8.72. The van der Waals surface area contributed by atoms with Crippen molar-refractivity contribution in [3.8, 4) is 0 Å². The van der Waals surface area contributed by atoms with Gasteiger partial charge in [-0.25, -0.2) is 4.98 Å². The third-order valence-corrected chi connectivity index (χ3v) is 4.91. The third kappa shape index (κ3) is 3.79. The van der Waals surface area contributed by atoms with E-state index in [2.05, 4.69) is 47.0 Å². The van der Waals surface area contributed by atoms with E-state index in [1.807, 2.05) is 13.0 Å². The Morgan fingerprint density at radius 3 is 2.78 bits per heavy atom. The Morgan fingerprint density at radius 2 is 2.00 bits per heavy atom. The van der Waals surface area contributed by atoms with Crippen LogP contribution in [0.15, 0.2) is 30.3 Å². The number of rotatable bonds is 2. The molecule has 0 saturated heterocycles. The molecule has 0 bridgehead atoms. The summed E-state index contributed by atoms with van der Waals surface area (Å²) in [6.07, 6.45) is 0. The molecule has 0 aliphatic rings. The first kappa shape index (κ1) is 16.1. The molecule has 23 heavy (non-hydrogen) atoms. The first-order chi connectivity index (χ1) is 11.0. The second-order valence-corrected chi connectivity index (χ2v) is 6.74. The average molecular weight is 455 g/mol. The molecule has 2 aromatic heterocycles. The highest BCUT2D eigenvalue weighted by molar-refractivity contribution is 14.1. The van der Waals surface area contributed by atoms with Crippen LogP contribution in [0.4, 0.5) is 5.82 Å². The van der Waals surface area contributed by atoms with Gasteiger partial charge in [0.05, 0.1) is 17.4 Å². The van der Waals surface area contributed by atoms with E-state index in [0.717, 1.165) is 26.5 Å². The van der Waals surface area contributed by atoms with Crippen molar-refractivity contribution in [3.63, 3.8) is 0 Å². The molecule has 0 saturated carbocycles. The van der Waals surface area contributed by atoms with Crippen LogP contribution in [0.2, 0.25) is 0 Å². The zero-order valence-corrected chi connectivity index (χ0v) is 15.6. The second kappa shape index (κ2) is 6.81. The van der Waals surface area contributed by atoms with Gasteiger partial charge in [0.15, 0.2) is 5.11 Å². The lowest BCUT2D eigenvalue weighted by Gasteiger charge is -2.10. The van der Waals surface area contributed by atoms with Gasteiger partial charge in [-0.3, -0.25) is 10.1 Å². The number of halogens is 1. The molecule has 3 aromatic rings. The Kier molecular flexibility index (Phi) is 4.78. The SMILES string of the molecule is Cc1nc(NC(=S)NC(=O)c2ccc3nsnc3c2)ccc1I. The number of carbonyl (C=O) groups excluding carboxylic acids is 1. The molecule has 1 amide bonds. The highest BCUT2D eigenvalue weighted by Gasteiger charge is 2.10. The molecule has 6 nitrogen and oxygen atoms in total. The van der Waals surface area contributed by atoms with Crippen molar-refractivity contribution >= 4 is 74.4 Å². The van der Waals surface area contributed by atoms with Crippen molar-refractivity contribution in [1.29, 1.82) is 0 Å². The van der Waals surface area contributed by atoms with Crippen molar-refractivity contribution in [2.75, 3.05) is 5.32 Å². The van der Waals surface area contributed by atoms with Gasteiger partial charge in [0.1, 0.15) is 16.9 Å². The number of thiocarbonyl (C=S) groups is 1. The Balaban J connectivity index is 1.68. The number of nitrogens with one attached hydrogen (secondary N) is 2. The Hall–Kier alpha value is -1.72. The highest BCUT2D eigenvalue weighted by Crippen LogP contribution is 2.14. The number of hydrogen-bond donors (Lipinski definition) is 2. The van der Waals surface area contributed by atoms with Gasteiger partial charge < -0.3 is 5.32 Å². The Labute approximate surface area is 155 Å². The van der Waals surface area contributed by atoms with Crippen LogP contribution in [0.3, 0.4) is 0 Å². The Bertz CT molecular complexity index is 911.